The van der Waals surface area contributed by atoms with Crippen LogP contribution in [0.3, 0.4) is 0 Å². The maximum atomic E-state index is 5.77. The minimum atomic E-state index is 0.510. The molecular formula is C21H33N5. The Hall–Kier alpha value is -2.56. The third-order valence-corrected chi connectivity index (χ3v) is 3.86. The van der Waals surface area contributed by atoms with Crippen molar-refractivity contribution in [3.05, 3.63) is 59.7 Å². The maximum Gasteiger partial charge on any atom is 0.118 e. The van der Waals surface area contributed by atoms with E-state index in [-0.39, 0.29) is 0 Å². The fourth-order valence-corrected chi connectivity index (χ4v) is 2.59. The number of hydrogen-bond acceptors (Lipinski definition) is 4. The van der Waals surface area contributed by atoms with Crippen LogP contribution in [0.1, 0.15) is 45.4 Å². The van der Waals surface area contributed by atoms with Gasteiger partial charge in [-0.05, 0) is 37.1 Å². The van der Waals surface area contributed by atoms with Gasteiger partial charge in [0.15, 0.2) is 0 Å². The van der Waals surface area contributed by atoms with Crippen LogP contribution in [0.15, 0.2) is 53.5 Å². The van der Waals surface area contributed by atoms with Crippen LogP contribution in [0.5, 0.6) is 0 Å². The molecule has 1 aromatic heterocycles. The fraction of sp³-hybridized carbons (Fsp3) is 0.429. The summed E-state index contributed by atoms with van der Waals surface area (Å²) in [5.74, 6) is 0.510. The summed E-state index contributed by atoms with van der Waals surface area (Å²) in [4.78, 5) is 10.8. The summed E-state index contributed by atoms with van der Waals surface area (Å²) in [6.45, 7) is 18.0. The van der Waals surface area contributed by atoms with Gasteiger partial charge in [0.25, 0.3) is 0 Å². The second-order valence-electron chi connectivity index (χ2n) is 6.54. The zero-order valence-corrected chi connectivity index (χ0v) is 16.9. The first-order valence-electron chi connectivity index (χ1n) is 9.07. The van der Waals surface area contributed by atoms with Crippen LogP contribution < -0.4 is 11.1 Å². The summed E-state index contributed by atoms with van der Waals surface area (Å²) in [5.41, 5.74) is 12.0. The lowest BCUT2D eigenvalue weighted by atomic mass is 10.0. The Kier molecular flexibility index (Phi) is 8.62. The second-order valence-corrected chi connectivity index (χ2v) is 6.54. The molecule has 5 heteroatoms. The topological polar surface area (TPSA) is 66.5 Å². The van der Waals surface area contributed by atoms with Crippen molar-refractivity contribution < 1.29 is 0 Å². The van der Waals surface area contributed by atoms with Crippen LogP contribution in [0.25, 0.3) is 0 Å². The van der Waals surface area contributed by atoms with E-state index in [1.165, 1.54) is 12.0 Å². The minimum Gasteiger partial charge on any atom is -0.384 e. The van der Waals surface area contributed by atoms with Crippen molar-refractivity contribution in [1.29, 1.82) is 0 Å². The molecule has 26 heavy (non-hydrogen) atoms. The van der Waals surface area contributed by atoms with Crippen molar-refractivity contribution >= 4 is 11.5 Å². The largest absolute Gasteiger partial charge is 0.384 e. The lowest BCUT2D eigenvalue weighted by Crippen LogP contribution is -2.31. The number of aromatic nitrogens is 1. The lowest BCUT2D eigenvalue weighted by Gasteiger charge is -2.32. The van der Waals surface area contributed by atoms with Crippen LogP contribution in [-0.2, 0) is 13.0 Å². The van der Waals surface area contributed by atoms with Gasteiger partial charge in [-0.15, -0.1) is 0 Å². The Morgan fingerprint density at radius 2 is 2.04 bits per heavy atom. The Morgan fingerprint density at radius 1 is 1.38 bits per heavy atom. The number of aliphatic imine (C=N–C) groups is 1. The molecule has 1 aliphatic rings. The van der Waals surface area contributed by atoms with E-state index in [9.17, 15) is 0 Å². The molecule has 1 aromatic rings. The Balaban J connectivity index is 0.00000105. The monoisotopic (exact) mass is 355 g/mol. The molecule has 0 spiro atoms. The third-order valence-electron chi connectivity index (χ3n) is 3.86. The van der Waals surface area contributed by atoms with Crippen molar-refractivity contribution in [2.75, 3.05) is 18.9 Å². The summed E-state index contributed by atoms with van der Waals surface area (Å²) >= 11 is 0. The van der Waals surface area contributed by atoms with Gasteiger partial charge in [-0.25, -0.2) is 0 Å². The summed E-state index contributed by atoms with van der Waals surface area (Å²) in [7, 11) is 1.68. The molecular weight excluding hydrogens is 322 g/mol. The van der Waals surface area contributed by atoms with E-state index in [1.54, 1.807) is 7.05 Å². The van der Waals surface area contributed by atoms with Crippen molar-refractivity contribution in [3.8, 4) is 0 Å². The molecule has 5 nitrogen and oxygen atoms in total. The van der Waals surface area contributed by atoms with Crippen molar-refractivity contribution in [3.63, 3.8) is 0 Å². The van der Waals surface area contributed by atoms with Crippen LogP contribution in [0.4, 0.5) is 5.69 Å². The number of amidine groups is 1. The highest BCUT2D eigenvalue weighted by Crippen LogP contribution is 2.25. The molecule has 142 valence electrons. The Bertz CT molecular complexity index is 700. The third kappa shape index (κ3) is 6.39. The number of pyridine rings is 1. The highest BCUT2D eigenvalue weighted by Gasteiger charge is 2.19. The highest BCUT2D eigenvalue weighted by molar-refractivity contribution is 5.92. The number of anilines is 1. The molecule has 0 fully saturated rings. The molecule has 2 rings (SSSR count). The van der Waals surface area contributed by atoms with Crippen LogP contribution in [-0.4, -0.2) is 29.3 Å². The molecule has 0 amide bonds. The molecule has 0 aliphatic carbocycles. The molecule has 0 bridgehead atoms. The quantitative estimate of drug-likeness (QED) is 0.471. The number of nitrogens with two attached hydrogens (primary N) is 1. The second kappa shape index (κ2) is 10.4. The predicted molar refractivity (Wildman–Crippen MR) is 113 cm³/mol. The van der Waals surface area contributed by atoms with Gasteiger partial charge < -0.3 is 16.0 Å². The van der Waals surface area contributed by atoms with Gasteiger partial charge in [-0.3, -0.25) is 9.98 Å². The van der Waals surface area contributed by atoms with E-state index in [2.05, 4.69) is 53.3 Å². The van der Waals surface area contributed by atoms with Gasteiger partial charge in [0.05, 0.1) is 11.9 Å². The van der Waals surface area contributed by atoms with Crippen LogP contribution in [0.2, 0.25) is 0 Å². The van der Waals surface area contributed by atoms with Crippen molar-refractivity contribution in [1.82, 2.24) is 9.88 Å². The number of allylic oxidation sites excluding steroid dienone is 2. The molecule has 3 N–H and O–H groups in total. The van der Waals surface area contributed by atoms with E-state index < -0.39 is 0 Å². The van der Waals surface area contributed by atoms with Gasteiger partial charge in [0.2, 0.25) is 0 Å². The molecule has 0 saturated carbocycles. The van der Waals surface area contributed by atoms with Gasteiger partial charge in [0, 0.05) is 43.6 Å². The molecule has 0 radical (unpaired) electrons. The first-order valence-corrected chi connectivity index (χ1v) is 9.07. The first-order chi connectivity index (χ1) is 12.3. The average Bonchev–Trinajstić information content (AvgIpc) is 2.60. The van der Waals surface area contributed by atoms with Gasteiger partial charge >= 0.3 is 0 Å². The number of fused-ring (bicyclic) bond motifs is 1. The summed E-state index contributed by atoms with van der Waals surface area (Å²) in [6.07, 6.45) is 5.88. The summed E-state index contributed by atoms with van der Waals surface area (Å²) in [6, 6.07) is 2.14. The predicted octanol–water partition coefficient (Wildman–Crippen LogP) is 4.25. The summed E-state index contributed by atoms with van der Waals surface area (Å²) in [5, 5.41) is 3.21. The number of nitrogens with zero attached hydrogens (tertiary/aromatic N) is 3. The van der Waals surface area contributed by atoms with E-state index in [0.29, 0.717) is 5.84 Å². The highest BCUT2D eigenvalue weighted by atomic mass is 15.1. The van der Waals surface area contributed by atoms with Gasteiger partial charge in [-0.1, -0.05) is 33.4 Å². The van der Waals surface area contributed by atoms with Crippen LogP contribution in [0, 0.1) is 0 Å². The Morgan fingerprint density at radius 3 is 2.62 bits per heavy atom. The first kappa shape index (κ1) is 21.5. The zero-order valence-electron chi connectivity index (χ0n) is 16.9. The summed E-state index contributed by atoms with van der Waals surface area (Å²) < 4.78 is 0. The van der Waals surface area contributed by atoms with Crippen molar-refractivity contribution in [2.45, 2.75) is 47.1 Å². The van der Waals surface area contributed by atoms with Crippen molar-refractivity contribution in [2.24, 2.45) is 10.7 Å². The maximum absolute atomic E-state index is 5.77. The normalized spacial score (nSPS) is 14.1. The number of hydrogen-bond donors (Lipinski definition) is 2. The number of rotatable bonds is 5. The SMILES string of the molecule is C=C(C)Nc1cnc2c(c1)CN(C(=C)/C(C)=C\C(N)=NC)CC2.CCC. The molecule has 0 atom stereocenters. The molecule has 0 aromatic carbocycles. The van der Waals surface area contributed by atoms with Gasteiger partial charge in [0.1, 0.15) is 5.84 Å². The fourth-order valence-electron chi connectivity index (χ4n) is 2.59. The molecule has 0 unspecified atom stereocenters. The van der Waals surface area contributed by atoms with E-state index >= 15 is 0 Å². The zero-order chi connectivity index (χ0) is 19.7. The average molecular weight is 356 g/mol. The van der Waals surface area contributed by atoms with E-state index in [4.69, 9.17) is 5.73 Å². The number of nitrogens with one attached hydrogen (secondary N) is 1. The smallest absolute Gasteiger partial charge is 0.118 e. The van der Waals surface area contributed by atoms with E-state index in [1.807, 2.05) is 26.1 Å². The standard InChI is InChI=1S/C18H25N5.C3H8/c1-12(2)22-16-9-15-11-23(7-6-17(15)21-10-16)14(4)13(3)8-18(19)20-5;1-3-2/h8-10,22H,1,4,6-7,11H2,2-3,5H3,(H2,19,20);3H2,1-2H3/b13-8-;. The molecule has 2 heterocycles. The Labute approximate surface area is 158 Å². The van der Waals surface area contributed by atoms with E-state index in [0.717, 1.165) is 47.9 Å². The van der Waals surface area contributed by atoms with Gasteiger partial charge in [-0.2, -0.15) is 0 Å². The minimum absolute atomic E-state index is 0.510. The molecule has 0 saturated heterocycles. The van der Waals surface area contributed by atoms with Crippen LogP contribution >= 0.6 is 0 Å². The molecule has 1 aliphatic heterocycles. The lowest BCUT2D eigenvalue weighted by molar-refractivity contribution is 0.326.